The van der Waals surface area contributed by atoms with Crippen molar-refractivity contribution < 1.29 is 4.79 Å². The van der Waals surface area contributed by atoms with Crippen LogP contribution in [0, 0.1) is 0 Å². The lowest BCUT2D eigenvalue weighted by molar-refractivity contribution is -0.120. The first kappa shape index (κ1) is 16.3. The maximum atomic E-state index is 11.7. The zero-order valence-corrected chi connectivity index (χ0v) is 13.3. The lowest BCUT2D eigenvalue weighted by Gasteiger charge is -2.14. The topological polar surface area (TPSA) is 41.1 Å². The van der Waals surface area contributed by atoms with Gasteiger partial charge in [-0.2, -0.15) is 0 Å². The van der Waals surface area contributed by atoms with Gasteiger partial charge >= 0.3 is 0 Å². The molecule has 0 bridgehead atoms. The van der Waals surface area contributed by atoms with Crippen LogP contribution < -0.4 is 10.6 Å². The van der Waals surface area contributed by atoms with Gasteiger partial charge in [-0.05, 0) is 70.8 Å². The van der Waals surface area contributed by atoms with Crippen LogP contribution in [0.1, 0.15) is 64.2 Å². The molecular formula is C18H30N2O. The van der Waals surface area contributed by atoms with Gasteiger partial charge in [0.05, 0.1) is 6.54 Å². The fourth-order valence-corrected chi connectivity index (χ4v) is 3.14. The van der Waals surface area contributed by atoms with E-state index in [2.05, 4.69) is 22.8 Å². The van der Waals surface area contributed by atoms with E-state index in [-0.39, 0.29) is 5.91 Å². The number of carbonyl (C=O) groups excluding carboxylic acids is 1. The minimum atomic E-state index is 0.129. The third kappa shape index (κ3) is 6.94. The lowest BCUT2D eigenvalue weighted by Crippen LogP contribution is -2.35. The molecular weight excluding hydrogens is 260 g/mol. The minimum absolute atomic E-state index is 0.129. The molecule has 2 N–H and O–H groups in total. The van der Waals surface area contributed by atoms with Crippen molar-refractivity contribution in [2.75, 3.05) is 19.6 Å². The van der Waals surface area contributed by atoms with Crippen molar-refractivity contribution in [3.05, 3.63) is 23.3 Å². The quantitative estimate of drug-likeness (QED) is 0.531. The lowest BCUT2D eigenvalue weighted by atomic mass is 9.97. The van der Waals surface area contributed by atoms with Gasteiger partial charge in [0, 0.05) is 6.54 Å². The largest absolute Gasteiger partial charge is 0.355 e. The second-order valence-corrected chi connectivity index (χ2v) is 6.24. The number of hydrogen-bond donors (Lipinski definition) is 2. The highest BCUT2D eigenvalue weighted by Crippen LogP contribution is 2.20. The predicted octanol–water partition coefficient (Wildman–Crippen LogP) is 3.47. The monoisotopic (exact) mass is 290 g/mol. The Morgan fingerprint density at radius 1 is 0.905 bits per heavy atom. The summed E-state index contributed by atoms with van der Waals surface area (Å²) in [4.78, 5) is 11.7. The van der Waals surface area contributed by atoms with Gasteiger partial charge in [0.2, 0.25) is 5.91 Å². The molecule has 0 unspecified atom stereocenters. The molecule has 21 heavy (non-hydrogen) atoms. The average molecular weight is 290 g/mol. The van der Waals surface area contributed by atoms with Crippen molar-refractivity contribution in [3.8, 4) is 0 Å². The summed E-state index contributed by atoms with van der Waals surface area (Å²) in [7, 11) is 0. The summed E-state index contributed by atoms with van der Waals surface area (Å²) in [6.07, 6.45) is 17.1. The van der Waals surface area contributed by atoms with Crippen LogP contribution in [-0.2, 0) is 4.79 Å². The highest BCUT2D eigenvalue weighted by molar-refractivity contribution is 5.77. The molecule has 0 fully saturated rings. The maximum absolute atomic E-state index is 11.7. The molecule has 2 aliphatic carbocycles. The predicted molar refractivity (Wildman–Crippen MR) is 88.2 cm³/mol. The van der Waals surface area contributed by atoms with Crippen LogP contribution in [0.2, 0.25) is 0 Å². The molecule has 0 heterocycles. The van der Waals surface area contributed by atoms with Gasteiger partial charge in [-0.3, -0.25) is 4.79 Å². The third-order valence-corrected chi connectivity index (χ3v) is 4.45. The van der Waals surface area contributed by atoms with Gasteiger partial charge in [0.25, 0.3) is 0 Å². The second-order valence-electron chi connectivity index (χ2n) is 6.24. The van der Waals surface area contributed by atoms with E-state index in [0.29, 0.717) is 6.54 Å². The molecule has 0 saturated heterocycles. The molecule has 2 aliphatic rings. The fourth-order valence-electron chi connectivity index (χ4n) is 3.14. The highest BCUT2D eigenvalue weighted by atomic mass is 16.1. The van der Waals surface area contributed by atoms with Crippen LogP contribution in [0.25, 0.3) is 0 Å². The molecule has 118 valence electrons. The molecule has 0 spiro atoms. The number of allylic oxidation sites excluding steroid dienone is 2. The maximum Gasteiger partial charge on any atom is 0.233 e. The Kier molecular flexibility index (Phi) is 7.58. The van der Waals surface area contributed by atoms with E-state index >= 15 is 0 Å². The Bertz CT molecular complexity index is 385. The molecule has 0 atom stereocenters. The molecule has 0 aliphatic heterocycles. The van der Waals surface area contributed by atoms with Crippen LogP contribution >= 0.6 is 0 Å². The Morgan fingerprint density at radius 2 is 1.52 bits per heavy atom. The van der Waals surface area contributed by atoms with Crippen molar-refractivity contribution in [2.45, 2.75) is 64.2 Å². The summed E-state index contributed by atoms with van der Waals surface area (Å²) in [6, 6.07) is 0. The zero-order chi connectivity index (χ0) is 14.8. The van der Waals surface area contributed by atoms with Crippen molar-refractivity contribution in [2.24, 2.45) is 0 Å². The van der Waals surface area contributed by atoms with Crippen molar-refractivity contribution in [1.29, 1.82) is 0 Å². The first-order chi connectivity index (χ1) is 10.3. The first-order valence-electron chi connectivity index (χ1n) is 8.68. The van der Waals surface area contributed by atoms with Crippen molar-refractivity contribution >= 4 is 5.91 Å². The average Bonchev–Trinajstić information content (AvgIpc) is 2.54. The molecule has 0 aromatic heterocycles. The van der Waals surface area contributed by atoms with E-state index in [1.807, 2.05) is 0 Å². The Hall–Kier alpha value is -1.09. The number of amides is 1. The SMILES string of the molecule is O=C(CNCCC1=CCCCC1)NCCC1=CCCCC1. The van der Waals surface area contributed by atoms with Crippen LogP contribution in [0.15, 0.2) is 23.3 Å². The van der Waals surface area contributed by atoms with E-state index in [1.54, 1.807) is 5.57 Å². The molecule has 0 aromatic rings. The van der Waals surface area contributed by atoms with E-state index in [4.69, 9.17) is 0 Å². The van der Waals surface area contributed by atoms with Crippen molar-refractivity contribution in [1.82, 2.24) is 10.6 Å². The molecule has 1 amide bonds. The fraction of sp³-hybridized carbons (Fsp3) is 0.722. The molecule has 2 rings (SSSR count). The Labute approximate surface area is 129 Å². The summed E-state index contributed by atoms with van der Waals surface area (Å²) in [6.45, 7) is 2.16. The molecule has 3 nitrogen and oxygen atoms in total. The Morgan fingerprint density at radius 3 is 2.10 bits per heavy atom. The van der Waals surface area contributed by atoms with Gasteiger partial charge in [0.15, 0.2) is 0 Å². The molecule has 3 heteroatoms. The zero-order valence-electron chi connectivity index (χ0n) is 13.3. The van der Waals surface area contributed by atoms with Gasteiger partial charge in [-0.15, -0.1) is 0 Å². The summed E-state index contributed by atoms with van der Waals surface area (Å²) in [5.41, 5.74) is 3.09. The molecule has 0 aromatic carbocycles. The summed E-state index contributed by atoms with van der Waals surface area (Å²) < 4.78 is 0. The first-order valence-corrected chi connectivity index (χ1v) is 8.68. The number of carbonyl (C=O) groups is 1. The summed E-state index contributed by atoms with van der Waals surface area (Å²) in [5.74, 6) is 0.129. The standard InChI is InChI=1S/C18H30N2O/c21-18(20-14-12-17-9-5-2-6-10-17)15-19-13-11-16-7-3-1-4-8-16/h7,9,19H,1-6,8,10-15H2,(H,20,21). The number of hydrogen-bond acceptors (Lipinski definition) is 2. The molecule has 0 radical (unpaired) electrons. The number of nitrogens with one attached hydrogen (secondary N) is 2. The van der Waals surface area contributed by atoms with Crippen LogP contribution in [0.4, 0.5) is 0 Å². The summed E-state index contributed by atoms with van der Waals surface area (Å²) in [5, 5.41) is 6.26. The van der Waals surface area contributed by atoms with E-state index in [1.165, 1.54) is 56.9 Å². The van der Waals surface area contributed by atoms with Gasteiger partial charge in [0.1, 0.15) is 0 Å². The van der Waals surface area contributed by atoms with Gasteiger partial charge in [-0.25, -0.2) is 0 Å². The van der Waals surface area contributed by atoms with E-state index in [9.17, 15) is 4.79 Å². The smallest absolute Gasteiger partial charge is 0.233 e. The van der Waals surface area contributed by atoms with E-state index in [0.717, 1.165) is 25.9 Å². The minimum Gasteiger partial charge on any atom is -0.355 e. The Balaban J connectivity index is 1.47. The van der Waals surface area contributed by atoms with Gasteiger partial charge in [-0.1, -0.05) is 23.3 Å². The normalized spacial score (nSPS) is 18.9. The third-order valence-electron chi connectivity index (χ3n) is 4.45. The van der Waals surface area contributed by atoms with Crippen LogP contribution in [0.5, 0.6) is 0 Å². The highest BCUT2D eigenvalue weighted by Gasteiger charge is 2.06. The molecule has 0 saturated carbocycles. The van der Waals surface area contributed by atoms with Crippen LogP contribution in [-0.4, -0.2) is 25.5 Å². The van der Waals surface area contributed by atoms with Crippen LogP contribution in [0.3, 0.4) is 0 Å². The second kappa shape index (κ2) is 9.78. The van der Waals surface area contributed by atoms with E-state index < -0.39 is 0 Å². The van der Waals surface area contributed by atoms with Crippen molar-refractivity contribution in [3.63, 3.8) is 0 Å². The summed E-state index contributed by atoms with van der Waals surface area (Å²) >= 11 is 0. The number of rotatable bonds is 8. The van der Waals surface area contributed by atoms with Gasteiger partial charge < -0.3 is 10.6 Å².